The van der Waals surface area contributed by atoms with E-state index in [-0.39, 0.29) is 5.69 Å². The van der Waals surface area contributed by atoms with Crippen molar-refractivity contribution in [1.29, 1.82) is 0 Å². The Morgan fingerprint density at radius 3 is 2.35 bits per heavy atom. The van der Waals surface area contributed by atoms with Gasteiger partial charge in [-0.05, 0) is 52.9 Å². The Balaban J connectivity index is 2.31. The lowest BCUT2D eigenvalue weighted by molar-refractivity contribution is 0.586. The molecule has 2 rings (SSSR count). The van der Waals surface area contributed by atoms with Crippen molar-refractivity contribution in [1.82, 2.24) is 0 Å². The van der Waals surface area contributed by atoms with Crippen LogP contribution in [0.15, 0.2) is 36.4 Å². The summed E-state index contributed by atoms with van der Waals surface area (Å²) < 4.78 is 27.0. The molecule has 0 radical (unpaired) electrons. The first-order valence-corrected chi connectivity index (χ1v) is 5.91. The number of benzene rings is 2. The largest absolute Gasteiger partial charge is 0.399 e. The standard InChI is InChI=1S/C12H9F2IN2/c13-7-1-3-11(9(14)5-7)17-12-4-2-8(16)6-10(12)15/h1-6,17H,16H2. The summed E-state index contributed by atoms with van der Waals surface area (Å²) in [4.78, 5) is 0. The van der Waals surface area contributed by atoms with Gasteiger partial charge in [0.15, 0.2) is 0 Å². The van der Waals surface area contributed by atoms with Gasteiger partial charge in [-0.1, -0.05) is 0 Å². The van der Waals surface area contributed by atoms with E-state index in [1.807, 2.05) is 0 Å². The van der Waals surface area contributed by atoms with Gasteiger partial charge in [0.25, 0.3) is 0 Å². The average molecular weight is 346 g/mol. The van der Waals surface area contributed by atoms with Crippen LogP contribution < -0.4 is 11.1 Å². The molecule has 0 atom stereocenters. The van der Waals surface area contributed by atoms with E-state index in [0.29, 0.717) is 5.69 Å². The molecule has 0 bridgehead atoms. The van der Waals surface area contributed by atoms with Gasteiger partial charge in [0, 0.05) is 15.3 Å². The lowest BCUT2D eigenvalue weighted by Gasteiger charge is -2.10. The van der Waals surface area contributed by atoms with E-state index in [0.717, 1.165) is 15.3 Å². The summed E-state index contributed by atoms with van der Waals surface area (Å²) in [6.07, 6.45) is 0. The first-order valence-electron chi connectivity index (χ1n) is 4.83. The minimum absolute atomic E-state index is 0.231. The van der Waals surface area contributed by atoms with Crippen LogP contribution in [-0.4, -0.2) is 0 Å². The second kappa shape index (κ2) is 4.87. The van der Waals surface area contributed by atoms with Crippen LogP contribution in [0, 0.1) is 15.2 Å². The van der Waals surface area contributed by atoms with Crippen LogP contribution in [0.5, 0.6) is 0 Å². The summed E-state index contributed by atoms with van der Waals surface area (Å²) in [6.45, 7) is 0. The van der Waals surface area contributed by atoms with Crippen molar-refractivity contribution in [3.63, 3.8) is 0 Å². The van der Waals surface area contributed by atoms with Gasteiger partial charge in [-0.2, -0.15) is 0 Å². The van der Waals surface area contributed by atoms with Gasteiger partial charge in [0.05, 0.1) is 11.4 Å². The van der Waals surface area contributed by atoms with Crippen molar-refractivity contribution in [3.05, 3.63) is 51.6 Å². The SMILES string of the molecule is Nc1ccc(Nc2ccc(F)cc2F)c(I)c1. The molecule has 0 saturated heterocycles. The number of rotatable bonds is 2. The van der Waals surface area contributed by atoms with Crippen LogP contribution in [-0.2, 0) is 0 Å². The maximum atomic E-state index is 13.4. The van der Waals surface area contributed by atoms with Crippen LogP contribution in [0.3, 0.4) is 0 Å². The zero-order valence-corrected chi connectivity index (χ0v) is 10.8. The first-order chi connectivity index (χ1) is 8.06. The molecule has 0 saturated carbocycles. The number of halogens is 3. The van der Waals surface area contributed by atoms with Crippen molar-refractivity contribution in [2.75, 3.05) is 11.1 Å². The average Bonchev–Trinajstić information content (AvgIpc) is 2.25. The summed E-state index contributed by atoms with van der Waals surface area (Å²) in [5.74, 6) is -1.22. The summed E-state index contributed by atoms with van der Waals surface area (Å²) in [7, 11) is 0. The fourth-order valence-corrected chi connectivity index (χ4v) is 2.04. The molecule has 2 nitrogen and oxygen atoms in total. The minimum atomic E-state index is -0.627. The van der Waals surface area contributed by atoms with E-state index < -0.39 is 11.6 Å². The van der Waals surface area contributed by atoms with E-state index in [2.05, 4.69) is 27.9 Å². The smallest absolute Gasteiger partial charge is 0.149 e. The van der Waals surface area contributed by atoms with Crippen LogP contribution >= 0.6 is 22.6 Å². The normalized spacial score (nSPS) is 10.3. The summed E-state index contributed by atoms with van der Waals surface area (Å²) in [6, 6.07) is 8.63. The van der Waals surface area contributed by atoms with Crippen LogP contribution in [0.1, 0.15) is 0 Å². The van der Waals surface area contributed by atoms with E-state index in [1.165, 1.54) is 12.1 Å². The van der Waals surface area contributed by atoms with Crippen molar-refractivity contribution in [2.24, 2.45) is 0 Å². The third-order valence-corrected chi connectivity index (χ3v) is 3.09. The number of anilines is 3. The molecule has 3 N–H and O–H groups in total. The molecule has 2 aromatic rings. The molecule has 0 amide bonds. The molecule has 0 fully saturated rings. The fourth-order valence-electron chi connectivity index (χ4n) is 1.37. The van der Waals surface area contributed by atoms with Gasteiger partial charge in [0.1, 0.15) is 11.6 Å². The van der Waals surface area contributed by atoms with E-state index in [1.54, 1.807) is 18.2 Å². The second-order valence-electron chi connectivity index (χ2n) is 3.49. The molecule has 0 heterocycles. The number of hydrogen-bond donors (Lipinski definition) is 2. The fraction of sp³-hybridized carbons (Fsp3) is 0. The predicted molar refractivity (Wildman–Crippen MR) is 73.2 cm³/mol. The van der Waals surface area contributed by atoms with Crippen LogP contribution in [0.2, 0.25) is 0 Å². The van der Waals surface area contributed by atoms with Gasteiger partial charge in [0.2, 0.25) is 0 Å². The van der Waals surface area contributed by atoms with E-state index in [9.17, 15) is 8.78 Å². The molecule has 88 valence electrons. The van der Waals surface area contributed by atoms with Crippen molar-refractivity contribution in [2.45, 2.75) is 0 Å². The summed E-state index contributed by atoms with van der Waals surface area (Å²) >= 11 is 2.09. The highest BCUT2D eigenvalue weighted by atomic mass is 127. The highest BCUT2D eigenvalue weighted by Gasteiger charge is 2.06. The number of nitrogens with one attached hydrogen (secondary N) is 1. The summed E-state index contributed by atoms with van der Waals surface area (Å²) in [5.41, 5.74) is 7.21. The second-order valence-corrected chi connectivity index (χ2v) is 4.65. The molecular weight excluding hydrogens is 337 g/mol. The third kappa shape index (κ3) is 2.85. The molecule has 17 heavy (non-hydrogen) atoms. The zero-order chi connectivity index (χ0) is 12.4. The van der Waals surface area contributed by atoms with Crippen LogP contribution in [0.25, 0.3) is 0 Å². The monoisotopic (exact) mass is 346 g/mol. The molecule has 5 heteroatoms. The van der Waals surface area contributed by atoms with Crippen molar-refractivity contribution < 1.29 is 8.78 Å². The third-order valence-electron chi connectivity index (χ3n) is 2.19. The molecule has 0 aromatic heterocycles. The predicted octanol–water partition coefficient (Wildman–Crippen LogP) is 3.90. The Morgan fingerprint density at radius 1 is 1.00 bits per heavy atom. The van der Waals surface area contributed by atoms with Crippen LogP contribution in [0.4, 0.5) is 25.8 Å². The summed E-state index contributed by atoms with van der Waals surface area (Å²) in [5, 5.41) is 2.89. The maximum absolute atomic E-state index is 13.4. The minimum Gasteiger partial charge on any atom is -0.399 e. The topological polar surface area (TPSA) is 38.0 Å². The van der Waals surface area contributed by atoms with Crippen molar-refractivity contribution >= 4 is 39.7 Å². The van der Waals surface area contributed by atoms with Gasteiger partial charge in [-0.3, -0.25) is 0 Å². The molecule has 0 aliphatic rings. The molecule has 0 aliphatic carbocycles. The quantitative estimate of drug-likeness (QED) is 0.640. The molecule has 0 spiro atoms. The lowest BCUT2D eigenvalue weighted by Crippen LogP contribution is -1.97. The van der Waals surface area contributed by atoms with Gasteiger partial charge in [-0.25, -0.2) is 8.78 Å². The lowest BCUT2D eigenvalue weighted by atomic mass is 10.2. The molecule has 0 aliphatic heterocycles. The number of nitrogens with two attached hydrogens (primary N) is 1. The van der Waals surface area contributed by atoms with Gasteiger partial charge >= 0.3 is 0 Å². The Morgan fingerprint density at radius 2 is 1.71 bits per heavy atom. The van der Waals surface area contributed by atoms with E-state index >= 15 is 0 Å². The molecule has 0 unspecified atom stereocenters. The zero-order valence-electron chi connectivity index (χ0n) is 8.68. The van der Waals surface area contributed by atoms with E-state index in [4.69, 9.17) is 5.73 Å². The highest BCUT2D eigenvalue weighted by molar-refractivity contribution is 14.1. The Kier molecular flexibility index (Phi) is 3.46. The number of nitrogen functional groups attached to an aromatic ring is 1. The van der Waals surface area contributed by atoms with Gasteiger partial charge < -0.3 is 11.1 Å². The molecule has 2 aromatic carbocycles. The molecular formula is C12H9F2IN2. The highest BCUT2D eigenvalue weighted by Crippen LogP contribution is 2.26. The first kappa shape index (κ1) is 12.1. The number of hydrogen-bond acceptors (Lipinski definition) is 2. The Labute approximate surface area is 111 Å². The Hall–Kier alpha value is -1.37. The maximum Gasteiger partial charge on any atom is 0.149 e. The van der Waals surface area contributed by atoms with Crippen molar-refractivity contribution in [3.8, 4) is 0 Å². The van der Waals surface area contributed by atoms with Gasteiger partial charge in [-0.15, -0.1) is 0 Å². The Bertz CT molecular complexity index is 509.